The summed E-state index contributed by atoms with van der Waals surface area (Å²) in [5, 5.41) is 16.8. The molecule has 0 radical (unpaired) electrons. The van der Waals surface area contributed by atoms with Gasteiger partial charge in [-0.3, -0.25) is 0 Å². The third-order valence-electron chi connectivity index (χ3n) is 4.75. The maximum atomic E-state index is 12.8. The topological polar surface area (TPSA) is 83.3 Å². The van der Waals surface area contributed by atoms with E-state index in [1.54, 1.807) is 9.58 Å². The second kappa shape index (κ2) is 7.23. The van der Waals surface area contributed by atoms with Crippen LogP contribution in [0.3, 0.4) is 0 Å². The van der Waals surface area contributed by atoms with Crippen molar-refractivity contribution in [2.45, 2.75) is 39.7 Å². The van der Waals surface area contributed by atoms with Gasteiger partial charge in [-0.1, -0.05) is 12.1 Å². The van der Waals surface area contributed by atoms with Crippen molar-refractivity contribution in [2.75, 3.05) is 18.5 Å². The number of aliphatic hydroxyl groups excluding tert-OH is 1. The zero-order valence-corrected chi connectivity index (χ0v) is 14.9. The molecule has 0 spiro atoms. The Hall–Kier alpha value is -2.41. The molecule has 2 amide bonds. The minimum Gasteiger partial charge on any atom is -0.396 e. The summed E-state index contributed by atoms with van der Waals surface area (Å²) in [6, 6.07) is 7.58. The van der Waals surface area contributed by atoms with Crippen molar-refractivity contribution in [3.63, 3.8) is 0 Å². The number of hydrogen-bond donors (Lipinski definition) is 2. The molecule has 25 heavy (non-hydrogen) atoms. The molecule has 7 nitrogen and oxygen atoms in total. The number of nitrogens with one attached hydrogen (secondary N) is 1. The molecule has 134 valence electrons. The first-order valence-electron chi connectivity index (χ1n) is 8.67. The number of para-hydroxylation sites is 2. The van der Waals surface area contributed by atoms with Crippen LogP contribution in [-0.4, -0.2) is 50.0 Å². The SMILES string of the molecule is Cc1nc(C)n(-c2ccccc2NC(=O)N2CC(CO)CCC2C)n1. The molecule has 1 aromatic heterocycles. The second-order valence-electron chi connectivity index (χ2n) is 6.69. The number of amides is 2. The summed E-state index contributed by atoms with van der Waals surface area (Å²) in [7, 11) is 0. The fraction of sp³-hybridized carbons (Fsp3) is 0.500. The van der Waals surface area contributed by atoms with Gasteiger partial charge >= 0.3 is 6.03 Å². The average Bonchev–Trinajstić information content (AvgIpc) is 2.94. The van der Waals surface area contributed by atoms with E-state index in [1.165, 1.54) is 0 Å². The summed E-state index contributed by atoms with van der Waals surface area (Å²) in [5.74, 6) is 1.61. The number of aryl methyl sites for hydroxylation is 2. The van der Waals surface area contributed by atoms with Crippen LogP contribution in [0.15, 0.2) is 24.3 Å². The average molecular weight is 343 g/mol. The van der Waals surface area contributed by atoms with Gasteiger partial charge in [-0.05, 0) is 51.7 Å². The largest absolute Gasteiger partial charge is 0.396 e. The molecule has 2 N–H and O–H groups in total. The molecule has 1 aliphatic heterocycles. The molecule has 2 atom stereocenters. The number of anilines is 1. The molecular weight excluding hydrogens is 318 g/mol. The Morgan fingerprint density at radius 1 is 1.32 bits per heavy atom. The summed E-state index contributed by atoms with van der Waals surface area (Å²) in [6.07, 6.45) is 1.86. The van der Waals surface area contributed by atoms with Gasteiger partial charge in [0.15, 0.2) is 0 Å². The van der Waals surface area contributed by atoms with Crippen LogP contribution in [0.4, 0.5) is 10.5 Å². The van der Waals surface area contributed by atoms with E-state index in [-0.39, 0.29) is 24.6 Å². The zero-order chi connectivity index (χ0) is 18.0. The van der Waals surface area contributed by atoms with Crippen LogP contribution < -0.4 is 5.32 Å². The summed E-state index contributed by atoms with van der Waals surface area (Å²) >= 11 is 0. The Balaban J connectivity index is 1.83. The van der Waals surface area contributed by atoms with Crippen LogP contribution in [-0.2, 0) is 0 Å². The summed E-state index contributed by atoms with van der Waals surface area (Å²) < 4.78 is 1.74. The van der Waals surface area contributed by atoms with Gasteiger partial charge in [0.25, 0.3) is 0 Å². The summed E-state index contributed by atoms with van der Waals surface area (Å²) in [6.45, 7) is 6.47. The van der Waals surface area contributed by atoms with Gasteiger partial charge in [-0.15, -0.1) is 0 Å². The molecule has 2 heterocycles. The molecule has 0 aliphatic carbocycles. The van der Waals surface area contributed by atoms with E-state index in [2.05, 4.69) is 15.4 Å². The van der Waals surface area contributed by atoms with Gasteiger partial charge < -0.3 is 15.3 Å². The lowest BCUT2D eigenvalue weighted by Gasteiger charge is -2.37. The van der Waals surface area contributed by atoms with E-state index in [0.29, 0.717) is 18.1 Å². The Morgan fingerprint density at radius 2 is 2.08 bits per heavy atom. The van der Waals surface area contributed by atoms with Crippen molar-refractivity contribution in [2.24, 2.45) is 5.92 Å². The minimum atomic E-state index is -0.146. The lowest BCUT2D eigenvalue weighted by Crippen LogP contribution is -2.48. The van der Waals surface area contributed by atoms with Gasteiger partial charge in [-0.25, -0.2) is 14.5 Å². The highest BCUT2D eigenvalue weighted by Gasteiger charge is 2.29. The Labute approximate surface area is 147 Å². The third-order valence-corrected chi connectivity index (χ3v) is 4.75. The molecule has 2 unspecified atom stereocenters. The van der Waals surface area contributed by atoms with Crippen molar-refractivity contribution in [3.05, 3.63) is 35.9 Å². The predicted molar refractivity (Wildman–Crippen MR) is 95.8 cm³/mol. The quantitative estimate of drug-likeness (QED) is 0.897. The number of carbonyl (C=O) groups is 1. The highest BCUT2D eigenvalue weighted by atomic mass is 16.3. The minimum absolute atomic E-state index is 0.116. The van der Waals surface area contributed by atoms with Gasteiger partial charge in [0, 0.05) is 19.2 Å². The Kier molecular flexibility index (Phi) is 5.03. The Morgan fingerprint density at radius 3 is 2.76 bits per heavy atom. The first-order valence-corrected chi connectivity index (χ1v) is 8.67. The lowest BCUT2D eigenvalue weighted by molar-refractivity contribution is 0.107. The number of rotatable bonds is 3. The fourth-order valence-electron chi connectivity index (χ4n) is 3.31. The number of nitrogens with zero attached hydrogens (tertiary/aromatic N) is 4. The number of benzene rings is 1. The molecular formula is C18H25N5O2. The van der Waals surface area contributed by atoms with Gasteiger partial charge in [-0.2, -0.15) is 5.10 Å². The van der Waals surface area contributed by atoms with E-state index < -0.39 is 0 Å². The molecule has 2 aromatic rings. The summed E-state index contributed by atoms with van der Waals surface area (Å²) in [5.41, 5.74) is 1.48. The van der Waals surface area contributed by atoms with Crippen molar-refractivity contribution in [1.29, 1.82) is 0 Å². The first kappa shape index (κ1) is 17.4. The molecule has 1 fully saturated rings. The molecule has 0 saturated carbocycles. The number of aliphatic hydroxyl groups is 1. The maximum absolute atomic E-state index is 12.8. The molecule has 1 saturated heterocycles. The lowest BCUT2D eigenvalue weighted by atomic mass is 9.94. The van der Waals surface area contributed by atoms with Crippen LogP contribution in [0.5, 0.6) is 0 Å². The molecule has 3 rings (SSSR count). The number of aromatic nitrogens is 3. The molecule has 1 aliphatic rings. The van der Waals surface area contributed by atoms with Gasteiger partial charge in [0.05, 0.1) is 11.4 Å². The first-order chi connectivity index (χ1) is 12.0. The number of likely N-dealkylation sites (tertiary alicyclic amines) is 1. The van der Waals surface area contributed by atoms with Gasteiger partial charge in [0.1, 0.15) is 11.6 Å². The predicted octanol–water partition coefficient (Wildman–Crippen LogP) is 2.51. The molecule has 0 bridgehead atoms. The van der Waals surface area contributed by atoms with Crippen molar-refractivity contribution in [3.8, 4) is 5.69 Å². The van der Waals surface area contributed by atoms with E-state index in [9.17, 15) is 9.90 Å². The van der Waals surface area contributed by atoms with Crippen LogP contribution >= 0.6 is 0 Å². The smallest absolute Gasteiger partial charge is 0.322 e. The van der Waals surface area contributed by atoms with E-state index in [0.717, 1.165) is 24.4 Å². The highest BCUT2D eigenvalue weighted by Crippen LogP contribution is 2.25. The van der Waals surface area contributed by atoms with Crippen LogP contribution in [0.2, 0.25) is 0 Å². The van der Waals surface area contributed by atoms with E-state index >= 15 is 0 Å². The number of piperidine rings is 1. The zero-order valence-electron chi connectivity index (χ0n) is 14.9. The monoisotopic (exact) mass is 343 g/mol. The molecule has 1 aromatic carbocycles. The van der Waals surface area contributed by atoms with E-state index in [1.807, 2.05) is 45.0 Å². The molecule has 7 heteroatoms. The fourth-order valence-corrected chi connectivity index (χ4v) is 3.31. The van der Waals surface area contributed by atoms with Crippen LogP contribution in [0.1, 0.15) is 31.4 Å². The number of carbonyl (C=O) groups excluding carboxylic acids is 1. The summed E-state index contributed by atoms with van der Waals surface area (Å²) in [4.78, 5) is 18.9. The maximum Gasteiger partial charge on any atom is 0.322 e. The second-order valence-corrected chi connectivity index (χ2v) is 6.69. The highest BCUT2D eigenvalue weighted by molar-refractivity contribution is 5.91. The van der Waals surface area contributed by atoms with Crippen LogP contribution in [0.25, 0.3) is 5.69 Å². The van der Waals surface area contributed by atoms with Crippen molar-refractivity contribution in [1.82, 2.24) is 19.7 Å². The number of urea groups is 1. The van der Waals surface area contributed by atoms with Gasteiger partial charge in [0.2, 0.25) is 0 Å². The third kappa shape index (κ3) is 3.66. The van der Waals surface area contributed by atoms with E-state index in [4.69, 9.17) is 0 Å². The Bertz CT molecular complexity index is 758. The van der Waals surface area contributed by atoms with Crippen molar-refractivity contribution < 1.29 is 9.90 Å². The standard InChI is InChI=1S/C18H25N5O2/c1-12-8-9-15(11-24)10-22(12)18(25)20-16-6-4-5-7-17(16)23-14(3)19-13(2)21-23/h4-7,12,15,24H,8-11H2,1-3H3,(H,20,25). The normalized spacial score (nSPS) is 20.6. The van der Waals surface area contributed by atoms with Crippen LogP contribution in [0, 0.1) is 19.8 Å². The van der Waals surface area contributed by atoms with Crippen molar-refractivity contribution >= 4 is 11.7 Å². The number of hydrogen-bond acceptors (Lipinski definition) is 4.